The molecule has 0 aromatic heterocycles. The highest BCUT2D eigenvalue weighted by molar-refractivity contribution is 5.90. The van der Waals surface area contributed by atoms with Crippen LogP contribution in [0.15, 0.2) is 0 Å². The van der Waals surface area contributed by atoms with Gasteiger partial charge in [0.05, 0.1) is 11.8 Å². The van der Waals surface area contributed by atoms with Gasteiger partial charge in [-0.1, -0.05) is 6.92 Å². The fraction of sp³-hybridized carbons (Fsp3) is 0.769. The minimum atomic E-state index is -0.935. The van der Waals surface area contributed by atoms with Gasteiger partial charge in [-0.15, -0.1) is 0 Å². The van der Waals surface area contributed by atoms with Gasteiger partial charge < -0.3 is 15.7 Å². The van der Waals surface area contributed by atoms with Crippen LogP contribution in [0.5, 0.6) is 0 Å². The van der Waals surface area contributed by atoms with Crippen molar-refractivity contribution in [2.24, 2.45) is 17.8 Å². The van der Waals surface area contributed by atoms with Crippen LogP contribution >= 0.6 is 0 Å². The van der Waals surface area contributed by atoms with Crippen LogP contribution in [0, 0.1) is 17.8 Å². The van der Waals surface area contributed by atoms with Crippen molar-refractivity contribution in [1.82, 2.24) is 10.6 Å². The molecule has 0 bridgehead atoms. The molecule has 6 heteroatoms. The number of rotatable bonds is 5. The predicted octanol–water partition coefficient (Wildman–Crippen LogP) is 0.374. The fourth-order valence-corrected chi connectivity index (χ4v) is 2.57. The SMILES string of the molecule is CCNC(=O)C(C)NC(=O)[C@H]1CC(C)C[C@H]1C(=O)O. The summed E-state index contributed by atoms with van der Waals surface area (Å²) in [6.07, 6.45) is 1.08. The third-order valence-electron chi connectivity index (χ3n) is 3.56. The monoisotopic (exact) mass is 270 g/mol. The van der Waals surface area contributed by atoms with E-state index in [0.717, 1.165) is 0 Å². The first kappa shape index (κ1) is 15.5. The zero-order valence-electron chi connectivity index (χ0n) is 11.6. The number of carbonyl (C=O) groups excluding carboxylic acids is 2. The van der Waals surface area contributed by atoms with Gasteiger partial charge in [0.2, 0.25) is 11.8 Å². The lowest BCUT2D eigenvalue weighted by molar-refractivity contribution is -0.146. The average Bonchev–Trinajstić information content (AvgIpc) is 2.71. The minimum Gasteiger partial charge on any atom is -0.481 e. The topological polar surface area (TPSA) is 95.5 Å². The highest BCUT2D eigenvalue weighted by atomic mass is 16.4. The Morgan fingerprint density at radius 1 is 1.26 bits per heavy atom. The molecule has 2 amide bonds. The summed E-state index contributed by atoms with van der Waals surface area (Å²) in [4.78, 5) is 34.7. The zero-order valence-corrected chi connectivity index (χ0v) is 11.6. The van der Waals surface area contributed by atoms with E-state index < -0.39 is 23.8 Å². The maximum atomic E-state index is 12.1. The third-order valence-corrected chi connectivity index (χ3v) is 3.56. The van der Waals surface area contributed by atoms with Gasteiger partial charge in [-0.3, -0.25) is 14.4 Å². The number of hydrogen-bond donors (Lipinski definition) is 3. The second kappa shape index (κ2) is 6.54. The molecule has 1 saturated carbocycles. The smallest absolute Gasteiger partial charge is 0.307 e. The van der Waals surface area contributed by atoms with Crippen molar-refractivity contribution in [1.29, 1.82) is 0 Å². The molecule has 108 valence electrons. The van der Waals surface area contributed by atoms with E-state index in [9.17, 15) is 14.4 Å². The van der Waals surface area contributed by atoms with Gasteiger partial charge in [0.1, 0.15) is 6.04 Å². The van der Waals surface area contributed by atoms with E-state index in [2.05, 4.69) is 10.6 Å². The van der Waals surface area contributed by atoms with Crippen molar-refractivity contribution in [3.05, 3.63) is 0 Å². The van der Waals surface area contributed by atoms with Crippen LogP contribution < -0.4 is 10.6 Å². The van der Waals surface area contributed by atoms with Crippen LogP contribution in [-0.4, -0.2) is 35.5 Å². The number of likely N-dealkylation sites (N-methyl/N-ethyl adjacent to an activating group) is 1. The average molecular weight is 270 g/mol. The van der Waals surface area contributed by atoms with E-state index in [4.69, 9.17) is 5.11 Å². The molecule has 1 aliphatic carbocycles. The van der Waals surface area contributed by atoms with E-state index in [1.165, 1.54) is 0 Å². The summed E-state index contributed by atoms with van der Waals surface area (Å²) in [5.41, 5.74) is 0. The molecule has 0 spiro atoms. The van der Waals surface area contributed by atoms with Gasteiger partial charge in [-0.2, -0.15) is 0 Å². The fourth-order valence-electron chi connectivity index (χ4n) is 2.57. The van der Waals surface area contributed by atoms with Crippen LogP contribution in [0.2, 0.25) is 0 Å². The lowest BCUT2D eigenvalue weighted by atomic mass is 9.95. The summed E-state index contributed by atoms with van der Waals surface area (Å²) >= 11 is 0. The summed E-state index contributed by atoms with van der Waals surface area (Å²) in [5, 5.41) is 14.3. The van der Waals surface area contributed by atoms with Gasteiger partial charge in [0.15, 0.2) is 0 Å². The lowest BCUT2D eigenvalue weighted by Gasteiger charge is -2.19. The second-order valence-corrected chi connectivity index (χ2v) is 5.25. The van der Waals surface area contributed by atoms with E-state index in [-0.39, 0.29) is 17.7 Å². The Bertz CT molecular complexity index is 370. The number of aliphatic carboxylic acids is 1. The highest BCUT2D eigenvalue weighted by Crippen LogP contribution is 2.36. The van der Waals surface area contributed by atoms with Gasteiger partial charge in [0.25, 0.3) is 0 Å². The van der Waals surface area contributed by atoms with Gasteiger partial charge in [-0.05, 0) is 32.6 Å². The largest absolute Gasteiger partial charge is 0.481 e. The molecule has 3 N–H and O–H groups in total. The van der Waals surface area contributed by atoms with E-state index in [1.54, 1.807) is 13.8 Å². The lowest BCUT2D eigenvalue weighted by Crippen LogP contribution is -2.47. The molecule has 2 unspecified atom stereocenters. The van der Waals surface area contributed by atoms with Crippen molar-refractivity contribution in [2.75, 3.05) is 6.54 Å². The molecule has 0 saturated heterocycles. The van der Waals surface area contributed by atoms with Crippen LogP contribution in [-0.2, 0) is 14.4 Å². The minimum absolute atomic E-state index is 0.219. The Morgan fingerprint density at radius 3 is 2.37 bits per heavy atom. The standard InChI is InChI=1S/C13H22N2O4/c1-4-14-11(16)8(3)15-12(17)9-5-7(2)6-10(9)13(18)19/h7-10H,4-6H2,1-3H3,(H,14,16)(H,15,17)(H,18,19)/t7?,8?,9-,10+/m0/s1. The predicted molar refractivity (Wildman–Crippen MR) is 69.3 cm³/mol. The summed E-state index contributed by atoms with van der Waals surface area (Å²) < 4.78 is 0. The molecule has 1 aliphatic rings. The van der Waals surface area contributed by atoms with Crippen molar-refractivity contribution in [3.63, 3.8) is 0 Å². The van der Waals surface area contributed by atoms with Gasteiger partial charge in [-0.25, -0.2) is 0 Å². The van der Waals surface area contributed by atoms with Crippen molar-refractivity contribution in [2.45, 2.75) is 39.7 Å². The van der Waals surface area contributed by atoms with Crippen molar-refractivity contribution in [3.8, 4) is 0 Å². The molecule has 0 radical (unpaired) electrons. The van der Waals surface area contributed by atoms with Crippen LogP contribution in [0.3, 0.4) is 0 Å². The maximum absolute atomic E-state index is 12.1. The first-order valence-corrected chi connectivity index (χ1v) is 6.67. The number of nitrogens with one attached hydrogen (secondary N) is 2. The van der Waals surface area contributed by atoms with Crippen LogP contribution in [0.1, 0.15) is 33.6 Å². The Balaban J connectivity index is 2.62. The second-order valence-electron chi connectivity index (χ2n) is 5.25. The number of carboxylic acids is 1. The molecule has 6 nitrogen and oxygen atoms in total. The molecule has 0 aromatic rings. The Morgan fingerprint density at radius 2 is 1.84 bits per heavy atom. The molecule has 1 rings (SSSR count). The molecular weight excluding hydrogens is 248 g/mol. The molecule has 0 aromatic carbocycles. The van der Waals surface area contributed by atoms with Crippen molar-refractivity contribution >= 4 is 17.8 Å². The number of hydrogen-bond acceptors (Lipinski definition) is 3. The first-order valence-electron chi connectivity index (χ1n) is 6.67. The summed E-state index contributed by atoms with van der Waals surface area (Å²) in [6, 6.07) is -0.641. The van der Waals surface area contributed by atoms with E-state index in [0.29, 0.717) is 19.4 Å². The Labute approximate surface area is 112 Å². The molecule has 0 aliphatic heterocycles. The number of carboxylic acid groups (broad SMARTS) is 1. The summed E-state index contributed by atoms with van der Waals surface area (Å²) in [6.45, 7) is 5.83. The third kappa shape index (κ3) is 3.94. The highest BCUT2D eigenvalue weighted by Gasteiger charge is 2.41. The molecule has 4 atom stereocenters. The number of amides is 2. The molecular formula is C13H22N2O4. The van der Waals surface area contributed by atoms with Gasteiger partial charge in [0, 0.05) is 6.54 Å². The van der Waals surface area contributed by atoms with Crippen molar-refractivity contribution < 1.29 is 19.5 Å². The number of carbonyl (C=O) groups is 3. The van der Waals surface area contributed by atoms with E-state index >= 15 is 0 Å². The summed E-state index contributed by atoms with van der Waals surface area (Å²) in [7, 11) is 0. The molecule has 0 heterocycles. The van der Waals surface area contributed by atoms with E-state index in [1.807, 2.05) is 6.92 Å². The first-order chi connectivity index (χ1) is 8.86. The Kier molecular flexibility index (Phi) is 5.32. The normalized spacial score (nSPS) is 27.6. The molecule has 19 heavy (non-hydrogen) atoms. The summed E-state index contributed by atoms with van der Waals surface area (Å²) in [5.74, 6) is -2.49. The molecule has 1 fully saturated rings. The maximum Gasteiger partial charge on any atom is 0.307 e. The van der Waals surface area contributed by atoms with Crippen LogP contribution in [0.4, 0.5) is 0 Å². The van der Waals surface area contributed by atoms with Crippen LogP contribution in [0.25, 0.3) is 0 Å². The Hall–Kier alpha value is -1.59. The quantitative estimate of drug-likeness (QED) is 0.672. The van der Waals surface area contributed by atoms with Gasteiger partial charge >= 0.3 is 5.97 Å². The zero-order chi connectivity index (χ0) is 14.6.